The summed E-state index contributed by atoms with van der Waals surface area (Å²) >= 11 is 12.7. The van der Waals surface area contributed by atoms with Crippen molar-refractivity contribution < 1.29 is 4.79 Å². The summed E-state index contributed by atoms with van der Waals surface area (Å²) in [6.07, 6.45) is 5.75. The maximum absolute atomic E-state index is 12.4. The predicted molar refractivity (Wildman–Crippen MR) is 85.3 cm³/mol. The maximum atomic E-state index is 12.4. The largest absolute Gasteiger partial charge is 0.339 e. The van der Waals surface area contributed by atoms with Gasteiger partial charge in [-0.3, -0.25) is 4.79 Å². The fraction of sp³-hybridized carbons (Fsp3) is 0.231. The highest BCUT2D eigenvalue weighted by atomic mass is 79.9. The van der Waals surface area contributed by atoms with Gasteiger partial charge in [0.25, 0.3) is 5.91 Å². The van der Waals surface area contributed by atoms with Crippen LogP contribution in [-0.4, -0.2) is 15.5 Å². The van der Waals surface area contributed by atoms with Crippen LogP contribution in [0.4, 0.5) is 5.69 Å². The van der Waals surface area contributed by atoms with Crippen molar-refractivity contribution in [2.45, 2.75) is 18.9 Å². The summed E-state index contributed by atoms with van der Waals surface area (Å²) in [5.74, 6) is -0.190. The molecule has 0 aromatic carbocycles. The molecular weight excluding hydrogens is 409 g/mol. The summed E-state index contributed by atoms with van der Waals surface area (Å²) in [5.41, 5.74) is 1.11. The Labute approximate surface area is 137 Å². The van der Waals surface area contributed by atoms with Gasteiger partial charge in [0.2, 0.25) is 0 Å². The second kappa shape index (κ2) is 5.50. The first-order chi connectivity index (χ1) is 9.54. The summed E-state index contributed by atoms with van der Waals surface area (Å²) in [6, 6.07) is 3.97. The molecule has 0 bridgehead atoms. The lowest BCUT2D eigenvalue weighted by Gasteiger charge is -2.09. The second-order valence-electron chi connectivity index (χ2n) is 4.63. The molecule has 2 heterocycles. The maximum Gasteiger partial charge on any atom is 0.272 e. The van der Waals surface area contributed by atoms with E-state index in [0.717, 1.165) is 21.8 Å². The van der Waals surface area contributed by atoms with E-state index in [2.05, 4.69) is 42.2 Å². The van der Waals surface area contributed by atoms with Crippen molar-refractivity contribution in [3.8, 4) is 0 Å². The van der Waals surface area contributed by atoms with E-state index in [-0.39, 0.29) is 11.1 Å². The van der Waals surface area contributed by atoms with Crippen LogP contribution in [0.15, 0.2) is 33.5 Å². The average Bonchev–Trinajstić information content (AvgIpc) is 3.17. The molecule has 3 rings (SSSR count). The Bertz CT molecular complexity index is 682. The monoisotopic (exact) mass is 417 g/mol. The third kappa shape index (κ3) is 2.92. The Morgan fingerprint density at radius 3 is 2.80 bits per heavy atom. The number of hydrogen-bond donors (Lipinski definition) is 1. The summed E-state index contributed by atoms with van der Waals surface area (Å²) in [4.78, 5) is 16.4. The predicted octanol–water partition coefficient (Wildman–Crippen LogP) is 4.65. The molecule has 2 aromatic heterocycles. The Morgan fingerprint density at radius 1 is 1.35 bits per heavy atom. The first-order valence-corrected chi connectivity index (χ1v) is 8.01. The zero-order valence-corrected chi connectivity index (χ0v) is 14.2. The standard InChI is InChI=1S/C13H10Br2ClN3O/c14-7-3-10(12(16)17-5-7)18-13(20)11-4-8(15)6-19(11)9-1-2-9/h3-6,9H,1-2H2,(H,18,20). The lowest BCUT2D eigenvalue weighted by Crippen LogP contribution is -2.16. The van der Waals surface area contributed by atoms with Crippen LogP contribution in [-0.2, 0) is 0 Å². The van der Waals surface area contributed by atoms with Crippen molar-refractivity contribution in [3.05, 3.63) is 44.3 Å². The number of anilines is 1. The van der Waals surface area contributed by atoms with Gasteiger partial charge in [0, 0.05) is 27.4 Å². The number of rotatable bonds is 3. The van der Waals surface area contributed by atoms with E-state index < -0.39 is 0 Å². The van der Waals surface area contributed by atoms with Crippen LogP contribution in [0.5, 0.6) is 0 Å². The van der Waals surface area contributed by atoms with E-state index in [1.807, 2.05) is 16.8 Å². The average molecular weight is 420 g/mol. The SMILES string of the molecule is O=C(Nc1cc(Br)cnc1Cl)c1cc(Br)cn1C1CC1. The van der Waals surface area contributed by atoms with Gasteiger partial charge in [0.05, 0.1) is 5.69 Å². The zero-order chi connectivity index (χ0) is 14.3. The third-order valence-electron chi connectivity index (χ3n) is 3.04. The van der Waals surface area contributed by atoms with Crippen LogP contribution in [0.1, 0.15) is 29.4 Å². The molecule has 2 aromatic rings. The van der Waals surface area contributed by atoms with Gasteiger partial charge < -0.3 is 9.88 Å². The summed E-state index contributed by atoms with van der Waals surface area (Å²) < 4.78 is 3.66. The number of hydrogen-bond acceptors (Lipinski definition) is 2. The highest BCUT2D eigenvalue weighted by molar-refractivity contribution is 9.10. The molecule has 1 aliphatic rings. The molecule has 1 N–H and O–H groups in total. The van der Waals surface area contributed by atoms with Crippen molar-refractivity contribution in [1.82, 2.24) is 9.55 Å². The van der Waals surface area contributed by atoms with E-state index in [1.165, 1.54) is 0 Å². The topological polar surface area (TPSA) is 46.9 Å². The molecule has 0 atom stereocenters. The zero-order valence-electron chi connectivity index (χ0n) is 10.2. The molecule has 1 fully saturated rings. The van der Waals surface area contributed by atoms with Crippen molar-refractivity contribution >= 4 is 55.1 Å². The highest BCUT2D eigenvalue weighted by Gasteiger charge is 2.28. The second-order valence-corrected chi connectivity index (χ2v) is 6.82. The van der Waals surface area contributed by atoms with Gasteiger partial charge >= 0.3 is 0 Å². The summed E-state index contributed by atoms with van der Waals surface area (Å²) in [5, 5.41) is 3.07. The Morgan fingerprint density at radius 2 is 2.10 bits per heavy atom. The van der Waals surface area contributed by atoms with Gasteiger partial charge in [-0.15, -0.1) is 0 Å². The molecule has 4 nitrogen and oxygen atoms in total. The van der Waals surface area contributed by atoms with Crippen LogP contribution in [0.25, 0.3) is 0 Å². The molecule has 1 aliphatic carbocycles. The van der Waals surface area contributed by atoms with E-state index in [4.69, 9.17) is 11.6 Å². The smallest absolute Gasteiger partial charge is 0.272 e. The van der Waals surface area contributed by atoms with Crippen molar-refractivity contribution in [2.24, 2.45) is 0 Å². The molecular formula is C13H10Br2ClN3O. The first-order valence-electron chi connectivity index (χ1n) is 6.04. The fourth-order valence-electron chi connectivity index (χ4n) is 1.98. The number of nitrogens with one attached hydrogen (secondary N) is 1. The van der Waals surface area contributed by atoms with Gasteiger partial charge in [-0.25, -0.2) is 4.98 Å². The summed E-state index contributed by atoms with van der Waals surface area (Å²) in [7, 11) is 0. The van der Waals surface area contributed by atoms with E-state index in [1.54, 1.807) is 12.3 Å². The van der Waals surface area contributed by atoms with E-state index in [0.29, 0.717) is 17.4 Å². The minimum atomic E-state index is -0.190. The molecule has 0 radical (unpaired) electrons. The molecule has 1 amide bonds. The Balaban J connectivity index is 1.87. The number of pyridine rings is 1. The molecule has 0 unspecified atom stereocenters. The third-order valence-corrected chi connectivity index (χ3v) is 4.21. The minimum absolute atomic E-state index is 0.190. The number of amides is 1. The number of carbonyl (C=O) groups is 1. The lowest BCUT2D eigenvalue weighted by molar-refractivity contribution is 0.101. The molecule has 0 spiro atoms. The fourth-order valence-corrected chi connectivity index (χ4v) is 2.90. The van der Waals surface area contributed by atoms with Crippen molar-refractivity contribution in [3.63, 3.8) is 0 Å². The first kappa shape index (κ1) is 14.1. The Kier molecular flexibility index (Phi) is 3.88. The number of aromatic nitrogens is 2. The lowest BCUT2D eigenvalue weighted by atomic mass is 10.3. The van der Waals surface area contributed by atoms with Gasteiger partial charge in [-0.05, 0) is 56.8 Å². The molecule has 104 valence electrons. The van der Waals surface area contributed by atoms with E-state index in [9.17, 15) is 4.79 Å². The molecule has 7 heteroatoms. The number of nitrogens with zero attached hydrogens (tertiary/aromatic N) is 2. The summed E-state index contributed by atoms with van der Waals surface area (Å²) in [6.45, 7) is 0. The molecule has 0 saturated heterocycles. The molecule has 1 saturated carbocycles. The van der Waals surface area contributed by atoms with Crippen LogP contribution in [0, 0.1) is 0 Å². The van der Waals surface area contributed by atoms with E-state index >= 15 is 0 Å². The number of carbonyl (C=O) groups excluding carboxylic acids is 1. The van der Waals surface area contributed by atoms with Crippen molar-refractivity contribution in [1.29, 1.82) is 0 Å². The quantitative estimate of drug-likeness (QED) is 0.737. The van der Waals surface area contributed by atoms with Crippen LogP contribution >= 0.6 is 43.5 Å². The molecule has 0 aliphatic heterocycles. The number of halogens is 3. The highest BCUT2D eigenvalue weighted by Crippen LogP contribution is 2.37. The molecule has 20 heavy (non-hydrogen) atoms. The van der Waals surface area contributed by atoms with Gasteiger partial charge in [0.15, 0.2) is 5.15 Å². The van der Waals surface area contributed by atoms with Crippen LogP contribution in [0.3, 0.4) is 0 Å². The normalized spacial score (nSPS) is 14.3. The minimum Gasteiger partial charge on any atom is -0.339 e. The Hall–Kier alpha value is -0.850. The van der Waals surface area contributed by atoms with Gasteiger partial charge in [-0.1, -0.05) is 11.6 Å². The van der Waals surface area contributed by atoms with Gasteiger partial charge in [-0.2, -0.15) is 0 Å². The van der Waals surface area contributed by atoms with Crippen molar-refractivity contribution in [2.75, 3.05) is 5.32 Å². The van der Waals surface area contributed by atoms with Gasteiger partial charge in [0.1, 0.15) is 5.69 Å². The van der Waals surface area contributed by atoms with Crippen LogP contribution in [0.2, 0.25) is 5.15 Å². The van der Waals surface area contributed by atoms with Crippen LogP contribution < -0.4 is 5.32 Å².